The molecule has 0 saturated carbocycles. The van der Waals surface area contributed by atoms with E-state index < -0.39 is 0 Å². The first-order valence-electron chi connectivity index (χ1n) is 8.01. The molecule has 0 aliphatic carbocycles. The van der Waals surface area contributed by atoms with Gasteiger partial charge in [0.05, 0.1) is 6.54 Å². The van der Waals surface area contributed by atoms with Gasteiger partial charge in [-0.2, -0.15) is 0 Å². The topological polar surface area (TPSA) is 50.4 Å². The minimum atomic E-state index is 0. The first kappa shape index (κ1) is 20.3. The highest BCUT2D eigenvalue weighted by molar-refractivity contribution is 9.10. The van der Waals surface area contributed by atoms with Gasteiger partial charge in [0.15, 0.2) is 0 Å². The predicted octanol–water partition coefficient (Wildman–Crippen LogP) is 3.39. The minimum absolute atomic E-state index is 0. The molecule has 0 bridgehead atoms. The number of amides is 1. The van der Waals surface area contributed by atoms with Crippen LogP contribution in [-0.2, 0) is 4.79 Å². The van der Waals surface area contributed by atoms with Crippen LogP contribution in [0.15, 0.2) is 28.7 Å². The van der Waals surface area contributed by atoms with E-state index in [4.69, 9.17) is 4.74 Å². The maximum absolute atomic E-state index is 12.0. The molecular weight excluding hydrogens is 380 g/mol. The van der Waals surface area contributed by atoms with Crippen LogP contribution in [0.25, 0.3) is 0 Å². The molecule has 130 valence electrons. The normalized spacial score (nSPS) is 16.3. The molecule has 2 rings (SSSR count). The highest BCUT2D eigenvalue weighted by atomic mass is 79.9. The Morgan fingerprint density at radius 2 is 2.00 bits per heavy atom. The fourth-order valence-electron chi connectivity index (χ4n) is 2.83. The largest absolute Gasteiger partial charge is 0.492 e. The summed E-state index contributed by atoms with van der Waals surface area (Å²) in [5.41, 5.74) is 0. The van der Waals surface area contributed by atoms with Gasteiger partial charge in [0.2, 0.25) is 5.91 Å². The quantitative estimate of drug-likeness (QED) is 0.684. The number of carbonyl (C=O) groups is 1. The summed E-state index contributed by atoms with van der Waals surface area (Å²) in [6, 6.07) is 7.69. The van der Waals surface area contributed by atoms with E-state index in [0.29, 0.717) is 31.4 Å². The lowest BCUT2D eigenvalue weighted by atomic mass is 9.84. The Labute approximate surface area is 153 Å². The minimum Gasteiger partial charge on any atom is -0.492 e. The monoisotopic (exact) mass is 404 g/mol. The second-order valence-electron chi connectivity index (χ2n) is 5.92. The van der Waals surface area contributed by atoms with Crippen molar-refractivity contribution in [2.75, 3.05) is 26.2 Å². The van der Waals surface area contributed by atoms with Crippen molar-refractivity contribution in [1.29, 1.82) is 0 Å². The van der Waals surface area contributed by atoms with Gasteiger partial charge in [-0.25, -0.2) is 0 Å². The van der Waals surface area contributed by atoms with Gasteiger partial charge >= 0.3 is 0 Å². The van der Waals surface area contributed by atoms with E-state index in [0.717, 1.165) is 23.3 Å². The second kappa shape index (κ2) is 10.9. The first-order chi connectivity index (χ1) is 10.6. The molecule has 2 N–H and O–H groups in total. The maximum atomic E-state index is 12.0. The van der Waals surface area contributed by atoms with Crippen LogP contribution in [0.3, 0.4) is 0 Å². The number of halogens is 2. The Balaban J connectivity index is 0.00000264. The van der Waals surface area contributed by atoms with Crippen LogP contribution in [0.5, 0.6) is 5.75 Å². The molecule has 1 heterocycles. The van der Waals surface area contributed by atoms with Crippen molar-refractivity contribution in [2.45, 2.75) is 26.2 Å². The Bertz CT molecular complexity index is 464. The molecule has 1 aliphatic rings. The van der Waals surface area contributed by atoms with Crippen LogP contribution in [0.1, 0.15) is 26.2 Å². The van der Waals surface area contributed by atoms with E-state index in [9.17, 15) is 4.79 Å². The number of hydrogen-bond acceptors (Lipinski definition) is 3. The summed E-state index contributed by atoms with van der Waals surface area (Å²) in [5.74, 6) is 2.08. The third kappa shape index (κ3) is 7.55. The zero-order chi connectivity index (χ0) is 15.8. The third-order valence-electron chi connectivity index (χ3n) is 4.20. The zero-order valence-electron chi connectivity index (χ0n) is 13.5. The molecule has 0 radical (unpaired) electrons. The molecule has 1 saturated heterocycles. The Morgan fingerprint density at radius 1 is 1.35 bits per heavy atom. The number of nitrogens with one attached hydrogen (secondary N) is 2. The Kier molecular flexibility index (Phi) is 9.60. The SMILES string of the molecule is CC(CC(=O)NCCOc1ccc(Br)cc1)C1CCNCC1.Cl. The molecule has 1 amide bonds. The van der Waals surface area contributed by atoms with Gasteiger partial charge in [0.25, 0.3) is 0 Å². The van der Waals surface area contributed by atoms with Crippen LogP contribution < -0.4 is 15.4 Å². The summed E-state index contributed by atoms with van der Waals surface area (Å²) in [5, 5.41) is 6.31. The molecule has 4 nitrogen and oxygen atoms in total. The molecule has 1 atom stereocenters. The highest BCUT2D eigenvalue weighted by Gasteiger charge is 2.21. The van der Waals surface area contributed by atoms with Crippen molar-refractivity contribution in [2.24, 2.45) is 11.8 Å². The maximum Gasteiger partial charge on any atom is 0.220 e. The average Bonchev–Trinajstić information content (AvgIpc) is 2.54. The fraction of sp³-hybridized carbons (Fsp3) is 0.588. The zero-order valence-corrected chi connectivity index (χ0v) is 15.9. The fourth-order valence-corrected chi connectivity index (χ4v) is 3.10. The van der Waals surface area contributed by atoms with Gasteiger partial charge in [0, 0.05) is 10.9 Å². The number of rotatable bonds is 7. The van der Waals surface area contributed by atoms with Gasteiger partial charge in [-0.1, -0.05) is 22.9 Å². The lowest BCUT2D eigenvalue weighted by Crippen LogP contribution is -2.34. The van der Waals surface area contributed by atoms with Crippen molar-refractivity contribution >= 4 is 34.2 Å². The number of benzene rings is 1. The van der Waals surface area contributed by atoms with Crippen LogP contribution in [-0.4, -0.2) is 32.1 Å². The molecule has 1 aromatic rings. The van der Waals surface area contributed by atoms with E-state index >= 15 is 0 Å². The third-order valence-corrected chi connectivity index (χ3v) is 4.73. The van der Waals surface area contributed by atoms with Gasteiger partial charge in [-0.15, -0.1) is 12.4 Å². The summed E-state index contributed by atoms with van der Waals surface area (Å²) in [4.78, 5) is 12.0. The van der Waals surface area contributed by atoms with Gasteiger partial charge in [-0.3, -0.25) is 4.79 Å². The summed E-state index contributed by atoms with van der Waals surface area (Å²) >= 11 is 3.39. The number of piperidine rings is 1. The van der Waals surface area contributed by atoms with E-state index in [2.05, 4.69) is 33.5 Å². The molecule has 1 fully saturated rings. The van der Waals surface area contributed by atoms with Crippen LogP contribution in [0.4, 0.5) is 0 Å². The lowest BCUT2D eigenvalue weighted by Gasteiger charge is -2.27. The number of carbonyl (C=O) groups excluding carboxylic acids is 1. The van der Waals surface area contributed by atoms with Crippen LogP contribution in [0, 0.1) is 11.8 Å². The predicted molar refractivity (Wildman–Crippen MR) is 99.3 cm³/mol. The van der Waals surface area contributed by atoms with E-state index in [1.807, 2.05) is 24.3 Å². The summed E-state index contributed by atoms with van der Waals surface area (Å²) in [6.07, 6.45) is 2.98. The molecular formula is C17H26BrClN2O2. The molecule has 1 unspecified atom stereocenters. The van der Waals surface area contributed by atoms with Gasteiger partial charge in [-0.05, 0) is 62.0 Å². The van der Waals surface area contributed by atoms with Crippen molar-refractivity contribution in [3.63, 3.8) is 0 Å². The van der Waals surface area contributed by atoms with Crippen molar-refractivity contribution < 1.29 is 9.53 Å². The van der Waals surface area contributed by atoms with Gasteiger partial charge in [0.1, 0.15) is 12.4 Å². The number of ether oxygens (including phenoxy) is 1. The van der Waals surface area contributed by atoms with E-state index in [-0.39, 0.29) is 18.3 Å². The molecule has 1 aliphatic heterocycles. The highest BCUT2D eigenvalue weighted by Crippen LogP contribution is 2.24. The number of hydrogen-bond donors (Lipinski definition) is 2. The van der Waals surface area contributed by atoms with E-state index in [1.54, 1.807) is 0 Å². The standard InChI is InChI=1S/C17H25BrN2O2.ClH/c1-13(14-6-8-19-9-7-14)12-17(21)20-10-11-22-16-4-2-15(18)3-5-16;/h2-5,13-14,19H,6-12H2,1H3,(H,20,21);1H. The average molecular weight is 406 g/mol. The van der Waals surface area contributed by atoms with Gasteiger partial charge < -0.3 is 15.4 Å². The first-order valence-corrected chi connectivity index (χ1v) is 8.80. The molecule has 1 aromatic carbocycles. The summed E-state index contributed by atoms with van der Waals surface area (Å²) in [6.45, 7) is 5.39. The summed E-state index contributed by atoms with van der Waals surface area (Å²) in [7, 11) is 0. The molecule has 6 heteroatoms. The van der Waals surface area contributed by atoms with Crippen LogP contribution >= 0.6 is 28.3 Å². The van der Waals surface area contributed by atoms with Crippen molar-refractivity contribution in [3.05, 3.63) is 28.7 Å². The molecule has 23 heavy (non-hydrogen) atoms. The van der Waals surface area contributed by atoms with Crippen molar-refractivity contribution in [3.8, 4) is 5.75 Å². The summed E-state index contributed by atoms with van der Waals surface area (Å²) < 4.78 is 6.62. The molecule has 0 spiro atoms. The van der Waals surface area contributed by atoms with E-state index in [1.165, 1.54) is 12.8 Å². The second-order valence-corrected chi connectivity index (χ2v) is 6.84. The smallest absolute Gasteiger partial charge is 0.220 e. The molecule has 0 aromatic heterocycles. The Morgan fingerprint density at radius 3 is 2.65 bits per heavy atom. The lowest BCUT2D eigenvalue weighted by molar-refractivity contribution is -0.122. The Hall–Kier alpha value is -0.780. The van der Waals surface area contributed by atoms with Crippen molar-refractivity contribution in [1.82, 2.24) is 10.6 Å². The van der Waals surface area contributed by atoms with Crippen LogP contribution in [0.2, 0.25) is 0 Å².